The van der Waals surface area contributed by atoms with Crippen LogP contribution >= 0.6 is 11.3 Å². The van der Waals surface area contributed by atoms with Crippen molar-refractivity contribution in [2.75, 3.05) is 7.05 Å². The van der Waals surface area contributed by atoms with Crippen molar-refractivity contribution in [3.05, 3.63) is 49.5 Å². The van der Waals surface area contributed by atoms with Crippen LogP contribution in [0.4, 0.5) is 5.69 Å². The Kier molecular flexibility index (Phi) is 4.65. The second-order valence-corrected chi connectivity index (χ2v) is 6.44. The quantitative estimate of drug-likeness (QED) is 0.683. The molecule has 0 saturated carbocycles. The maximum atomic E-state index is 12.6. The van der Waals surface area contributed by atoms with Crippen LogP contribution in [0.25, 0.3) is 0 Å². The van der Waals surface area contributed by atoms with E-state index in [1.807, 2.05) is 20.8 Å². The average Bonchev–Trinajstić information content (AvgIpc) is 2.83. The van der Waals surface area contributed by atoms with Crippen LogP contribution in [0.1, 0.15) is 38.9 Å². The van der Waals surface area contributed by atoms with Gasteiger partial charge in [0.05, 0.1) is 27.2 Å². The van der Waals surface area contributed by atoms with Gasteiger partial charge >= 0.3 is 5.69 Å². The minimum atomic E-state index is -0.716. The third kappa shape index (κ3) is 3.16. The third-order valence-electron chi connectivity index (χ3n) is 3.66. The van der Waals surface area contributed by atoms with Gasteiger partial charge in [0.2, 0.25) is 5.75 Å². The zero-order valence-electron chi connectivity index (χ0n) is 13.2. The first kappa shape index (κ1) is 16.9. The Morgan fingerprint density at radius 1 is 1.43 bits per heavy atom. The Morgan fingerprint density at radius 2 is 2.09 bits per heavy atom. The number of nitrogens with zero attached hydrogens (tertiary/aromatic N) is 3. The number of carbonyl (C=O) groups is 1. The van der Waals surface area contributed by atoms with Gasteiger partial charge in [-0.3, -0.25) is 14.9 Å². The van der Waals surface area contributed by atoms with E-state index < -0.39 is 22.3 Å². The third-order valence-corrected chi connectivity index (χ3v) is 4.91. The molecule has 1 amide bonds. The number of amides is 1. The number of hydrogen-bond donors (Lipinski definition) is 1. The summed E-state index contributed by atoms with van der Waals surface area (Å²) in [6, 6.07) is 3.66. The summed E-state index contributed by atoms with van der Waals surface area (Å²) in [5.41, 5.74) is 0.275. The zero-order valence-corrected chi connectivity index (χ0v) is 14.0. The summed E-state index contributed by atoms with van der Waals surface area (Å²) in [4.78, 5) is 29.5. The number of aromatic nitrogens is 1. The number of phenolic OH excluding ortho intramolecular Hbond substituents is 1. The minimum absolute atomic E-state index is 0.0903. The van der Waals surface area contributed by atoms with Crippen molar-refractivity contribution in [3.8, 4) is 5.75 Å². The molecule has 23 heavy (non-hydrogen) atoms. The van der Waals surface area contributed by atoms with E-state index in [9.17, 15) is 20.0 Å². The van der Waals surface area contributed by atoms with Crippen LogP contribution in [0.5, 0.6) is 5.75 Å². The predicted molar refractivity (Wildman–Crippen MR) is 86.9 cm³/mol. The lowest BCUT2D eigenvalue weighted by Crippen LogP contribution is -2.29. The van der Waals surface area contributed by atoms with E-state index in [0.717, 1.165) is 21.6 Å². The normalized spacial score (nSPS) is 12.0. The molecule has 1 aromatic carbocycles. The number of carbonyl (C=O) groups excluding carboxylic acids is 1. The molecule has 0 fully saturated rings. The van der Waals surface area contributed by atoms with Gasteiger partial charge in [-0.15, -0.1) is 11.3 Å². The van der Waals surface area contributed by atoms with Crippen molar-refractivity contribution in [2.24, 2.45) is 0 Å². The van der Waals surface area contributed by atoms with E-state index in [0.29, 0.717) is 0 Å². The van der Waals surface area contributed by atoms with Crippen molar-refractivity contribution >= 4 is 22.9 Å². The monoisotopic (exact) mass is 335 g/mol. The van der Waals surface area contributed by atoms with E-state index in [4.69, 9.17) is 0 Å². The SMILES string of the molecule is Cc1nc(C)c(C(C)N(C)C(=O)c2cccc([N+](=O)[O-])c2O)s1. The number of aromatic hydroxyl groups is 1. The first-order chi connectivity index (χ1) is 10.7. The summed E-state index contributed by atoms with van der Waals surface area (Å²) < 4.78 is 0. The molecule has 0 aliphatic heterocycles. The fraction of sp³-hybridized carbons (Fsp3) is 0.333. The number of nitro benzene ring substituents is 1. The van der Waals surface area contributed by atoms with Crippen LogP contribution in [0.15, 0.2) is 18.2 Å². The Labute approximate surface area is 137 Å². The van der Waals surface area contributed by atoms with Gasteiger partial charge in [0.1, 0.15) is 0 Å². The summed E-state index contributed by atoms with van der Waals surface area (Å²) in [5, 5.41) is 21.8. The molecule has 7 nitrogen and oxygen atoms in total. The smallest absolute Gasteiger partial charge is 0.311 e. The molecule has 0 radical (unpaired) electrons. The average molecular weight is 335 g/mol. The number of thiazole rings is 1. The number of rotatable bonds is 4. The largest absolute Gasteiger partial charge is 0.502 e. The molecular formula is C15H17N3O4S. The predicted octanol–water partition coefficient (Wildman–Crippen LogP) is 3.21. The van der Waals surface area contributed by atoms with Crippen LogP contribution in [-0.4, -0.2) is 32.9 Å². The molecule has 2 aromatic rings. The summed E-state index contributed by atoms with van der Waals surface area (Å²) in [6.07, 6.45) is 0. The second-order valence-electron chi connectivity index (χ2n) is 5.20. The summed E-state index contributed by atoms with van der Waals surface area (Å²) in [7, 11) is 1.60. The molecule has 0 aliphatic carbocycles. The van der Waals surface area contributed by atoms with Crippen LogP contribution in [-0.2, 0) is 0 Å². The number of para-hydroxylation sites is 1. The molecule has 2 rings (SSSR count). The summed E-state index contributed by atoms with van der Waals surface area (Å²) >= 11 is 1.50. The molecule has 8 heteroatoms. The van der Waals surface area contributed by atoms with Crippen molar-refractivity contribution in [1.82, 2.24) is 9.88 Å². The lowest BCUT2D eigenvalue weighted by molar-refractivity contribution is -0.385. The first-order valence-electron chi connectivity index (χ1n) is 6.91. The molecule has 0 aliphatic rings. The fourth-order valence-electron chi connectivity index (χ4n) is 2.33. The molecule has 122 valence electrons. The number of nitro groups is 1. The van der Waals surface area contributed by atoms with E-state index in [1.165, 1.54) is 28.4 Å². The van der Waals surface area contributed by atoms with E-state index in [1.54, 1.807) is 7.05 Å². The van der Waals surface area contributed by atoms with Crippen LogP contribution in [0.2, 0.25) is 0 Å². The molecule has 1 atom stereocenters. The van der Waals surface area contributed by atoms with Gasteiger partial charge in [0.25, 0.3) is 5.91 Å². The second kappa shape index (κ2) is 6.33. The molecular weight excluding hydrogens is 318 g/mol. The number of aryl methyl sites for hydroxylation is 2. The summed E-state index contributed by atoms with van der Waals surface area (Å²) in [6.45, 7) is 5.62. The summed E-state index contributed by atoms with van der Waals surface area (Å²) in [5.74, 6) is -1.09. The molecule has 0 saturated heterocycles. The van der Waals surface area contributed by atoms with Gasteiger partial charge in [0, 0.05) is 18.0 Å². The van der Waals surface area contributed by atoms with Gasteiger partial charge in [-0.05, 0) is 26.8 Å². The van der Waals surface area contributed by atoms with Gasteiger partial charge in [-0.2, -0.15) is 0 Å². The van der Waals surface area contributed by atoms with Gasteiger partial charge in [-0.25, -0.2) is 4.98 Å². The van der Waals surface area contributed by atoms with Gasteiger partial charge < -0.3 is 10.0 Å². The molecule has 0 bridgehead atoms. The highest BCUT2D eigenvalue weighted by molar-refractivity contribution is 7.11. The van der Waals surface area contributed by atoms with E-state index in [2.05, 4.69) is 4.98 Å². The zero-order chi connectivity index (χ0) is 17.3. The highest BCUT2D eigenvalue weighted by atomic mass is 32.1. The molecule has 1 unspecified atom stereocenters. The standard InChI is InChI=1S/C15H17N3O4S/c1-8-14(23-10(3)16-8)9(2)17(4)15(20)11-6-5-7-12(13(11)19)18(21)22/h5-7,9,19H,1-4H3. The van der Waals surface area contributed by atoms with Gasteiger partial charge in [-0.1, -0.05) is 6.07 Å². The molecule has 1 N–H and O–H groups in total. The van der Waals surface area contributed by atoms with E-state index >= 15 is 0 Å². The molecule has 1 aromatic heterocycles. The Morgan fingerprint density at radius 3 is 2.61 bits per heavy atom. The highest BCUT2D eigenvalue weighted by Gasteiger charge is 2.27. The van der Waals surface area contributed by atoms with Crippen molar-refractivity contribution in [2.45, 2.75) is 26.8 Å². The fourth-order valence-corrected chi connectivity index (χ4v) is 3.35. The van der Waals surface area contributed by atoms with Crippen LogP contribution < -0.4 is 0 Å². The first-order valence-corrected chi connectivity index (χ1v) is 7.73. The number of phenols is 1. The lowest BCUT2D eigenvalue weighted by Gasteiger charge is -2.24. The molecule has 0 spiro atoms. The van der Waals surface area contributed by atoms with Crippen LogP contribution in [0, 0.1) is 24.0 Å². The minimum Gasteiger partial charge on any atom is -0.502 e. The molecule has 1 heterocycles. The topological polar surface area (TPSA) is 96.6 Å². The van der Waals surface area contributed by atoms with Crippen molar-refractivity contribution in [3.63, 3.8) is 0 Å². The Balaban J connectivity index is 2.35. The Hall–Kier alpha value is -2.48. The number of hydrogen-bond acceptors (Lipinski definition) is 6. The van der Waals surface area contributed by atoms with Crippen LogP contribution in [0.3, 0.4) is 0 Å². The lowest BCUT2D eigenvalue weighted by atomic mass is 10.1. The van der Waals surface area contributed by atoms with Crippen molar-refractivity contribution < 1.29 is 14.8 Å². The number of benzene rings is 1. The Bertz CT molecular complexity index is 772. The van der Waals surface area contributed by atoms with Gasteiger partial charge in [0.15, 0.2) is 0 Å². The van der Waals surface area contributed by atoms with E-state index in [-0.39, 0.29) is 11.6 Å². The van der Waals surface area contributed by atoms with Crippen molar-refractivity contribution in [1.29, 1.82) is 0 Å². The maximum absolute atomic E-state index is 12.6. The highest BCUT2D eigenvalue weighted by Crippen LogP contribution is 2.33. The maximum Gasteiger partial charge on any atom is 0.311 e.